The average molecular weight is 275 g/mol. The lowest BCUT2D eigenvalue weighted by molar-refractivity contribution is -0.136. The first-order chi connectivity index (χ1) is 9.04. The predicted molar refractivity (Wildman–Crippen MR) is 74.4 cm³/mol. The van der Waals surface area contributed by atoms with Gasteiger partial charge in [-0.25, -0.2) is 0 Å². The number of benzene rings is 2. The van der Waals surface area contributed by atoms with Crippen LogP contribution < -0.4 is 5.73 Å². The van der Waals surface area contributed by atoms with Crippen molar-refractivity contribution in [1.82, 2.24) is 0 Å². The van der Waals surface area contributed by atoms with Crippen LogP contribution in [0.15, 0.2) is 52.3 Å². The molecule has 19 heavy (non-hydrogen) atoms. The third-order valence-electron chi connectivity index (χ3n) is 2.51. The van der Waals surface area contributed by atoms with Crippen molar-refractivity contribution in [3.05, 3.63) is 48.0 Å². The molecule has 0 unspecified atom stereocenters. The van der Waals surface area contributed by atoms with Gasteiger partial charge in [0, 0.05) is 21.0 Å². The molecule has 0 radical (unpaired) electrons. The number of carboxylic acids is 1. The van der Waals surface area contributed by atoms with E-state index in [1.54, 1.807) is 30.3 Å². The second kappa shape index (κ2) is 5.67. The molecule has 0 spiro atoms. The van der Waals surface area contributed by atoms with Crippen molar-refractivity contribution >= 4 is 23.4 Å². The highest BCUT2D eigenvalue weighted by molar-refractivity contribution is 7.99. The number of aliphatic carboxylic acids is 1. The second-order valence-electron chi connectivity index (χ2n) is 4.03. The smallest absolute Gasteiger partial charge is 0.307 e. The average Bonchev–Trinajstić information content (AvgIpc) is 2.35. The maximum Gasteiger partial charge on any atom is 0.307 e. The molecule has 0 aliphatic rings. The van der Waals surface area contributed by atoms with Gasteiger partial charge in [0.05, 0.1) is 6.42 Å². The molecule has 4 nitrogen and oxygen atoms in total. The van der Waals surface area contributed by atoms with Crippen LogP contribution in [0.25, 0.3) is 0 Å². The first-order valence-electron chi connectivity index (χ1n) is 5.61. The van der Waals surface area contributed by atoms with Gasteiger partial charge in [-0.15, -0.1) is 0 Å². The van der Waals surface area contributed by atoms with Gasteiger partial charge in [-0.3, -0.25) is 4.79 Å². The number of carbonyl (C=O) groups is 1. The number of hydrogen-bond acceptors (Lipinski definition) is 4. The summed E-state index contributed by atoms with van der Waals surface area (Å²) in [5.41, 5.74) is 6.71. The van der Waals surface area contributed by atoms with Crippen LogP contribution in [0.3, 0.4) is 0 Å². The van der Waals surface area contributed by atoms with Crippen LogP contribution >= 0.6 is 11.8 Å². The van der Waals surface area contributed by atoms with E-state index in [4.69, 9.17) is 10.8 Å². The van der Waals surface area contributed by atoms with Gasteiger partial charge in [0.25, 0.3) is 0 Å². The number of phenols is 1. The quantitative estimate of drug-likeness (QED) is 0.747. The molecule has 0 fully saturated rings. The van der Waals surface area contributed by atoms with Crippen LogP contribution in [0, 0.1) is 0 Å². The number of aromatic hydroxyl groups is 1. The van der Waals surface area contributed by atoms with Crippen molar-refractivity contribution in [3.63, 3.8) is 0 Å². The highest BCUT2D eigenvalue weighted by Gasteiger charge is 2.07. The number of phenolic OH excluding ortho intramolecular Hbond substituents is 1. The number of nitrogen functional groups attached to an aromatic ring is 1. The zero-order valence-corrected chi connectivity index (χ0v) is 10.9. The number of hydrogen-bond donors (Lipinski definition) is 3. The standard InChI is InChI=1S/C14H13NO3S/c15-10-2-5-11(6-3-10)19-12-4-1-9(7-14(17)18)13(16)8-12/h1-6,8,16H,7,15H2,(H,17,18). The Labute approximate surface area is 114 Å². The molecule has 0 saturated heterocycles. The molecule has 0 aliphatic heterocycles. The third-order valence-corrected chi connectivity index (χ3v) is 3.51. The number of anilines is 1. The monoisotopic (exact) mass is 275 g/mol. The van der Waals surface area contributed by atoms with E-state index in [1.165, 1.54) is 11.8 Å². The summed E-state index contributed by atoms with van der Waals surface area (Å²) >= 11 is 1.48. The minimum Gasteiger partial charge on any atom is -0.508 e. The summed E-state index contributed by atoms with van der Waals surface area (Å²) in [6, 6.07) is 12.4. The summed E-state index contributed by atoms with van der Waals surface area (Å²) in [5, 5.41) is 18.5. The van der Waals surface area contributed by atoms with Gasteiger partial charge < -0.3 is 15.9 Å². The maximum atomic E-state index is 10.6. The first-order valence-corrected chi connectivity index (χ1v) is 6.43. The van der Waals surface area contributed by atoms with Gasteiger partial charge in [0.15, 0.2) is 0 Å². The van der Waals surface area contributed by atoms with Gasteiger partial charge in [-0.05, 0) is 36.4 Å². The minimum atomic E-state index is -0.964. The zero-order chi connectivity index (χ0) is 13.8. The molecular weight excluding hydrogens is 262 g/mol. The van der Waals surface area contributed by atoms with E-state index in [2.05, 4.69) is 0 Å². The Morgan fingerprint density at radius 3 is 2.32 bits per heavy atom. The molecule has 0 heterocycles. The van der Waals surface area contributed by atoms with Crippen molar-refractivity contribution in [2.45, 2.75) is 16.2 Å². The highest BCUT2D eigenvalue weighted by Crippen LogP contribution is 2.31. The normalized spacial score (nSPS) is 10.3. The summed E-state index contributed by atoms with van der Waals surface area (Å²) in [6.07, 6.45) is -0.182. The fourth-order valence-corrected chi connectivity index (χ4v) is 2.44. The number of rotatable bonds is 4. The van der Waals surface area contributed by atoms with Gasteiger partial charge in [-0.1, -0.05) is 17.8 Å². The molecule has 2 aromatic rings. The van der Waals surface area contributed by atoms with E-state index in [9.17, 15) is 9.90 Å². The van der Waals surface area contributed by atoms with E-state index >= 15 is 0 Å². The Morgan fingerprint density at radius 1 is 1.11 bits per heavy atom. The molecule has 0 bridgehead atoms. The van der Waals surface area contributed by atoms with Gasteiger partial charge >= 0.3 is 5.97 Å². The molecule has 0 atom stereocenters. The molecule has 0 amide bonds. The van der Waals surface area contributed by atoms with Crippen molar-refractivity contribution in [2.75, 3.05) is 5.73 Å². The van der Waals surface area contributed by atoms with Crippen LogP contribution in [0.2, 0.25) is 0 Å². The minimum absolute atomic E-state index is 0.00263. The zero-order valence-electron chi connectivity index (χ0n) is 10.0. The van der Waals surface area contributed by atoms with Crippen molar-refractivity contribution in [2.24, 2.45) is 0 Å². The molecule has 5 heteroatoms. The molecule has 0 saturated carbocycles. The van der Waals surface area contributed by atoms with Gasteiger partial charge in [0.2, 0.25) is 0 Å². The van der Waals surface area contributed by atoms with E-state index in [-0.39, 0.29) is 12.2 Å². The molecule has 98 valence electrons. The number of carboxylic acid groups (broad SMARTS) is 1. The van der Waals surface area contributed by atoms with Crippen LogP contribution in [-0.4, -0.2) is 16.2 Å². The molecule has 2 aromatic carbocycles. The summed E-state index contributed by atoms with van der Waals surface area (Å²) in [5.74, 6) is -0.961. The summed E-state index contributed by atoms with van der Waals surface area (Å²) < 4.78 is 0. The Bertz CT molecular complexity index is 596. The Kier molecular flexibility index (Phi) is 3.97. The van der Waals surface area contributed by atoms with E-state index in [0.29, 0.717) is 11.3 Å². The Hall–Kier alpha value is -2.14. The lowest BCUT2D eigenvalue weighted by atomic mass is 10.1. The third kappa shape index (κ3) is 3.66. The lowest BCUT2D eigenvalue weighted by Crippen LogP contribution is -2.00. The molecular formula is C14H13NO3S. The summed E-state index contributed by atoms with van der Waals surface area (Å²) in [7, 11) is 0. The fourth-order valence-electron chi connectivity index (χ4n) is 1.59. The molecule has 0 aliphatic carbocycles. The van der Waals surface area contributed by atoms with E-state index in [0.717, 1.165) is 9.79 Å². The fraction of sp³-hybridized carbons (Fsp3) is 0.0714. The van der Waals surface area contributed by atoms with Gasteiger partial charge in [-0.2, -0.15) is 0 Å². The van der Waals surface area contributed by atoms with Crippen LogP contribution in [-0.2, 0) is 11.2 Å². The van der Waals surface area contributed by atoms with Crippen molar-refractivity contribution in [1.29, 1.82) is 0 Å². The topological polar surface area (TPSA) is 83.6 Å². The Morgan fingerprint density at radius 2 is 1.74 bits per heavy atom. The second-order valence-corrected chi connectivity index (χ2v) is 5.18. The summed E-state index contributed by atoms with van der Waals surface area (Å²) in [4.78, 5) is 12.4. The lowest BCUT2D eigenvalue weighted by Gasteiger charge is -2.06. The molecule has 2 rings (SSSR count). The van der Waals surface area contributed by atoms with Gasteiger partial charge in [0.1, 0.15) is 5.75 Å². The van der Waals surface area contributed by atoms with Crippen LogP contribution in [0.4, 0.5) is 5.69 Å². The SMILES string of the molecule is Nc1ccc(Sc2ccc(CC(=O)O)c(O)c2)cc1. The number of nitrogens with two attached hydrogens (primary N) is 1. The van der Waals surface area contributed by atoms with Crippen molar-refractivity contribution in [3.8, 4) is 5.75 Å². The van der Waals surface area contributed by atoms with E-state index < -0.39 is 5.97 Å². The summed E-state index contributed by atoms with van der Waals surface area (Å²) in [6.45, 7) is 0. The van der Waals surface area contributed by atoms with Crippen LogP contribution in [0.5, 0.6) is 5.75 Å². The Balaban J connectivity index is 2.15. The molecule has 0 aromatic heterocycles. The van der Waals surface area contributed by atoms with Crippen molar-refractivity contribution < 1.29 is 15.0 Å². The van der Waals surface area contributed by atoms with Crippen LogP contribution in [0.1, 0.15) is 5.56 Å². The van der Waals surface area contributed by atoms with E-state index in [1.807, 2.05) is 12.1 Å². The largest absolute Gasteiger partial charge is 0.508 e. The highest BCUT2D eigenvalue weighted by atomic mass is 32.2. The first kappa shape index (κ1) is 13.3. The predicted octanol–water partition coefficient (Wildman–Crippen LogP) is 2.75. The maximum absolute atomic E-state index is 10.6. The molecule has 4 N–H and O–H groups in total.